The van der Waals surface area contributed by atoms with Crippen LogP contribution in [0.2, 0.25) is 0 Å². The van der Waals surface area contributed by atoms with Crippen molar-refractivity contribution in [2.75, 3.05) is 32.7 Å². The van der Waals surface area contributed by atoms with Gasteiger partial charge in [-0.1, -0.05) is 37.1 Å². The normalized spacial score (nSPS) is 23.2. The molecule has 2 aromatic carbocycles. The van der Waals surface area contributed by atoms with E-state index in [-0.39, 0.29) is 42.6 Å². The summed E-state index contributed by atoms with van der Waals surface area (Å²) in [5, 5.41) is 1.97. The van der Waals surface area contributed by atoms with E-state index in [1.54, 1.807) is 45.6 Å². The summed E-state index contributed by atoms with van der Waals surface area (Å²) < 4.78 is 45.6. The van der Waals surface area contributed by atoms with Crippen molar-refractivity contribution in [3.8, 4) is 5.75 Å². The van der Waals surface area contributed by atoms with Crippen LogP contribution in [0, 0.1) is 11.8 Å². The highest BCUT2D eigenvalue weighted by Crippen LogP contribution is 2.42. The van der Waals surface area contributed by atoms with Gasteiger partial charge in [-0.3, -0.25) is 33.9 Å². The van der Waals surface area contributed by atoms with Gasteiger partial charge in [-0.15, -0.1) is 11.3 Å². The van der Waals surface area contributed by atoms with Gasteiger partial charge in [-0.05, 0) is 43.0 Å². The van der Waals surface area contributed by atoms with Gasteiger partial charge >= 0.3 is 6.18 Å². The molecule has 0 spiro atoms. The number of halogens is 3. The summed E-state index contributed by atoms with van der Waals surface area (Å²) in [7, 11) is 0. The Hall–Kier alpha value is -4.79. The zero-order valence-corrected chi connectivity index (χ0v) is 28.4. The van der Waals surface area contributed by atoms with Crippen LogP contribution in [-0.2, 0) is 16.0 Å². The van der Waals surface area contributed by atoms with Gasteiger partial charge in [-0.25, -0.2) is 0 Å². The molecule has 0 radical (unpaired) electrons. The number of likely N-dealkylation sites (tertiary alicyclic amines) is 1. The van der Waals surface area contributed by atoms with Crippen molar-refractivity contribution in [2.24, 2.45) is 11.8 Å². The molecule has 0 bridgehead atoms. The van der Waals surface area contributed by atoms with E-state index in [0.29, 0.717) is 61.4 Å². The van der Waals surface area contributed by atoms with E-state index >= 15 is 0 Å². The predicted molar refractivity (Wildman–Crippen MR) is 178 cm³/mol. The minimum absolute atomic E-state index is 0.139. The second-order valence-corrected chi connectivity index (χ2v) is 14.3. The van der Waals surface area contributed by atoms with Crippen LogP contribution < -0.4 is 10.1 Å². The van der Waals surface area contributed by atoms with E-state index in [4.69, 9.17) is 4.74 Å². The van der Waals surface area contributed by atoms with Crippen LogP contribution in [0.3, 0.4) is 0 Å². The maximum absolute atomic E-state index is 14.6. The molecule has 1 aliphatic carbocycles. The molecule has 4 atom stereocenters. The Morgan fingerprint density at radius 3 is 2.35 bits per heavy atom. The lowest BCUT2D eigenvalue weighted by atomic mass is 9.77. The van der Waals surface area contributed by atoms with Crippen LogP contribution in [-0.4, -0.2) is 94.2 Å². The highest BCUT2D eigenvalue weighted by Gasteiger charge is 2.46. The average molecular weight is 724 g/mol. The largest absolute Gasteiger partial charge is 0.488 e. The van der Waals surface area contributed by atoms with Crippen LogP contribution in [0.25, 0.3) is 0 Å². The molecule has 1 aromatic heterocycles. The fourth-order valence-corrected chi connectivity index (χ4v) is 8.40. The molecule has 2 fully saturated rings. The molecule has 268 valence electrons. The van der Waals surface area contributed by atoms with Crippen molar-refractivity contribution in [1.29, 1.82) is 0 Å². The van der Waals surface area contributed by atoms with Gasteiger partial charge in [0.15, 0.2) is 0 Å². The first kappa shape index (κ1) is 34.6. The minimum Gasteiger partial charge on any atom is -0.488 e. The number of amides is 5. The molecule has 3 aliphatic heterocycles. The molecular formula is C36H36F3N5O6S. The Morgan fingerprint density at radius 2 is 1.67 bits per heavy atom. The van der Waals surface area contributed by atoms with Crippen LogP contribution in [0.1, 0.15) is 79.7 Å². The first-order valence-corrected chi connectivity index (χ1v) is 17.9. The summed E-state index contributed by atoms with van der Waals surface area (Å²) in [6.07, 6.45) is -0.682. The first-order chi connectivity index (χ1) is 24.5. The lowest BCUT2D eigenvalue weighted by molar-refractivity contribution is -0.149. The Balaban J connectivity index is 1.20. The maximum atomic E-state index is 14.6. The number of fused-ring (bicyclic) bond motifs is 2. The van der Waals surface area contributed by atoms with E-state index < -0.39 is 54.2 Å². The van der Waals surface area contributed by atoms with E-state index in [9.17, 15) is 37.1 Å². The molecular weight excluding hydrogens is 687 g/mol. The van der Waals surface area contributed by atoms with E-state index in [1.807, 2.05) is 17.4 Å². The molecule has 4 aliphatic rings. The lowest BCUT2D eigenvalue weighted by Crippen LogP contribution is -2.51. The number of ether oxygens (including phenoxy) is 1. The van der Waals surface area contributed by atoms with Gasteiger partial charge in [0, 0.05) is 36.9 Å². The number of aromatic nitrogens is 1. The summed E-state index contributed by atoms with van der Waals surface area (Å²) in [6.45, 7) is -0.680. The predicted octanol–water partition coefficient (Wildman–Crippen LogP) is 4.64. The van der Waals surface area contributed by atoms with E-state index in [0.717, 1.165) is 10.5 Å². The van der Waals surface area contributed by atoms with Gasteiger partial charge < -0.3 is 19.9 Å². The van der Waals surface area contributed by atoms with Gasteiger partial charge in [0.05, 0.1) is 42.0 Å². The summed E-state index contributed by atoms with van der Waals surface area (Å²) >= 11 is 1.26. The number of benzene rings is 2. The van der Waals surface area contributed by atoms with E-state index in [1.165, 1.54) is 17.5 Å². The summed E-state index contributed by atoms with van der Waals surface area (Å²) in [4.78, 5) is 76.8. The quantitative estimate of drug-likeness (QED) is 0.336. The number of rotatable bonds is 8. The molecule has 11 nitrogen and oxygen atoms in total. The summed E-state index contributed by atoms with van der Waals surface area (Å²) in [5.74, 6) is -3.75. The Kier molecular flexibility index (Phi) is 9.57. The molecule has 3 aromatic rings. The molecule has 4 heterocycles. The number of carbonyl (C=O) groups excluding carboxylic acids is 5. The summed E-state index contributed by atoms with van der Waals surface area (Å²) in [5.41, 5.74) is 3.59. The zero-order valence-electron chi connectivity index (χ0n) is 27.6. The van der Waals surface area contributed by atoms with Gasteiger partial charge in [-0.2, -0.15) is 13.2 Å². The zero-order chi connectivity index (χ0) is 35.9. The third-order valence-corrected chi connectivity index (χ3v) is 11.0. The van der Waals surface area contributed by atoms with Crippen LogP contribution in [0.15, 0.2) is 54.2 Å². The summed E-state index contributed by atoms with van der Waals surface area (Å²) in [6, 6.07) is 11.1. The number of nitrogens with zero attached hydrogens (tertiary/aromatic N) is 4. The van der Waals surface area contributed by atoms with Crippen LogP contribution in [0.4, 0.5) is 13.2 Å². The first-order valence-electron chi connectivity index (χ1n) is 17.1. The molecule has 1 unspecified atom stereocenters. The third kappa shape index (κ3) is 6.95. The molecule has 1 saturated heterocycles. The van der Waals surface area contributed by atoms with Gasteiger partial charge in [0.2, 0.25) is 11.8 Å². The average Bonchev–Trinajstić information content (AvgIpc) is 3.89. The second-order valence-electron chi connectivity index (χ2n) is 13.4. The number of thiazole rings is 1. The maximum Gasteiger partial charge on any atom is 0.405 e. The molecule has 51 heavy (non-hydrogen) atoms. The van der Waals surface area contributed by atoms with Crippen molar-refractivity contribution in [1.82, 2.24) is 25.0 Å². The molecule has 5 amide bonds. The highest BCUT2D eigenvalue weighted by atomic mass is 32.1. The van der Waals surface area contributed by atoms with Gasteiger partial charge in [0.25, 0.3) is 17.7 Å². The number of carbonyl (C=O) groups is 5. The van der Waals surface area contributed by atoms with Gasteiger partial charge in [0.1, 0.15) is 23.3 Å². The Bertz CT molecular complexity index is 1820. The number of alkyl halides is 3. The Morgan fingerprint density at radius 1 is 0.941 bits per heavy atom. The molecule has 7 rings (SSSR count). The van der Waals surface area contributed by atoms with Crippen LogP contribution >= 0.6 is 11.3 Å². The van der Waals surface area contributed by atoms with Crippen LogP contribution in [0.5, 0.6) is 5.75 Å². The standard InChI is InChI=1S/C36H36F3N5O6S/c37-36(38,39)19-41-31(45)23-7-1-2-8-24(23)32(46)43-15-12-21-6-5-11-28(50-22-13-14-42(17-22)35(49)29-16-40-20-51-29)30(21)27(43)18-44-33(47)25-9-3-4-10-26(25)34(44)48/h3-6,9-11,16,20,22-24,27H,1-2,7-8,12-15,17-19H2,(H,41,45)/t22?,23-,24+,27+/m0/s1. The second kappa shape index (κ2) is 14.1. The lowest BCUT2D eigenvalue weighted by Gasteiger charge is -2.43. The monoisotopic (exact) mass is 723 g/mol. The number of nitrogens with one attached hydrogen (secondary N) is 1. The third-order valence-electron chi connectivity index (χ3n) is 10.3. The van der Waals surface area contributed by atoms with Crippen molar-refractivity contribution >= 4 is 40.9 Å². The molecule has 1 N–H and O–H groups in total. The highest BCUT2D eigenvalue weighted by molar-refractivity contribution is 7.11. The van der Waals surface area contributed by atoms with Crippen molar-refractivity contribution in [3.63, 3.8) is 0 Å². The molecule has 1 saturated carbocycles. The fraction of sp³-hybridized carbons (Fsp3) is 0.444. The van der Waals surface area contributed by atoms with Crippen molar-refractivity contribution < 1.29 is 41.9 Å². The minimum atomic E-state index is -4.60. The number of imide groups is 1. The topological polar surface area (TPSA) is 129 Å². The number of hydrogen-bond acceptors (Lipinski definition) is 8. The van der Waals surface area contributed by atoms with Crippen molar-refractivity contribution in [2.45, 2.75) is 56.8 Å². The molecule has 15 heteroatoms. The fourth-order valence-electron chi connectivity index (χ4n) is 7.81. The number of hydrogen-bond donors (Lipinski definition) is 1. The Labute approximate surface area is 295 Å². The SMILES string of the molecule is O=C(NCC(F)(F)F)[C@H]1CCCC[C@H]1C(=O)N1CCc2cccc(OC3CCN(C(=O)c4cncs4)C3)c2[C@H]1CN1C(=O)c2ccccc2C1=O. The van der Waals surface area contributed by atoms with E-state index in [2.05, 4.69) is 4.98 Å². The van der Waals surface area contributed by atoms with Crippen molar-refractivity contribution in [3.05, 3.63) is 81.3 Å². The smallest absolute Gasteiger partial charge is 0.405 e.